The summed E-state index contributed by atoms with van der Waals surface area (Å²) in [6, 6.07) is 0.586. The van der Waals surface area contributed by atoms with E-state index in [9.17, 15) is 0 Å². The first-order valence-corrected chi connectivity index (χ1v) is 4.62. The SMILES string of the molecule is CNC[C@@H](C)/C=C/N(C)C(C)C. The maximum Gasteiger partial charge on any atom is 0.0224 e. The molecule has 0 aliphatic carbocycles. The fraction of sp³-hybridized carbons (Fsp3) is 0.800. The highest BCUT2D eigenvalue weighted by molar-refractivity contribution is 4.87. The van der Waals surface area contributed by atoms with Gasteiger partial charge in [0.2, 0.25) is 0 Å². The molecule has 0 aliphatic rings. The van der Waals surface area contributed by atoms with E-state index in [4.69, 9.17) is 0 Å². The molecule has 0 aromatic rings. The number of rotatable bonds is 5. The Morgan fingerprint density at radius 2 is 1.92 bits per heavy atom. The van der Waals surface area contributed by atoms with Crippen LogP contribution in [-0.4, -0.2) is 31.6 Å². The molecule has 12 heavy (non-hydrogen) atoms. The highest BCUT2D eigenvalue weighted by Gasteiger charge is 1.97. The minimum absolute atomic E-state index is 0.586. The van der Waals surface area contributed by atoms with Gasteiger partial charge in [0.1, 0.15) is 0 Å². The minimum Gasteiger partial charge on any atom is -0.378 e. The number of nitrogens with one attached hydrogen (secondary N) is 1. The van der Waals surface area contributed by atoms with Crippen molar-refractivity contribution in [2.45, 2.75) is 26.8 Å². The van der Waals surface area contributed by atoms with Gasteiger partial charge in [-0.25, -0.2) is 0 Å². The van der Waals surface area contributed by atoms with Crippen LogP contribution in [0.15, 0.2) is 12.3 Å². The number of nitrogens with zero attached hydrogens (tertiary/aromatic N) is 1. The van der Waals surface area contributed by atoms with Crippen molar-refractivity contribution in [3.8, 4) is 0 Å². The lowest BCUT2D eigenvalue weighted by Gasteiger charge is -2.19. The van der Waals surface area contributed by atoms with Crippen molar-refractivity contribution in [3.05, 3.63) is 12.3 Å². The Kier molecular flexibility index (Phi) is 5.81. The zero-order chi connectivity index (χ0) is 9.56. The van der Waals surface area contributed by atoms with Crippen LogP contribution < -0.4 is 5.32 Å². The monoisotopic (exact) mass is 170 g/mol. The maximum absolute atomic E-state index is 3.15. The maximum atomic E-state index is 3.15. The first kappa shape index (κ1) is 11.5. The Balaban J connectivity index is 3.72. The molecule has 0 heterocycles. The van der Waals surface area contributed by atoms with Gasteiger partial charge in [-0.2, -0.15) is 0 Å². The molecule has 0 spiro atoms. The Labute approximate surface area is 76.6 Å². The van der Waals surface area contributed by atoms with Gasteiger partial charge in [-0.3, -0.25) is 0 Å². The van der Waals surface area contributed by atoms with Gasteiger partial charge in [0.15, 0.2) is 0 Å². The molecule has 2 nitrogen and oxygen atoms in total. The topological polar surface area (TPSA) is 15.3 Å². The lowest BCUT2D eigenvalue weighted by atomic mass is 10.2. The van der Waals surface area contributed by atoms with E-state index in [1.807, 2.05) is 7.05 Å². The summed E-state index contributed by atoms with van der Waals surface area (Å²) in [7, 11) is 4.09. The quantitative estimate of drug-likeness (QED) is 0.675. The molecule has 0 aliphatic heterocycles. The number of hydrogen-bond donors (Lipinski definition) is 1. The van der Waals surface area contributed by atoms with E-state index in [1.54, 1.807) is 0 Å². The zero-order valence-electron chi connectivity index (χ0n) is 8.96. The molecule has 1 atom stereocenters. The fourth-order valence-electron chi connectivity index (χ4n) is 0.845. The summed E-state index contributed by atoms with van der Waals surface area (Å²) in [5.74, 6) is 0.608. The van der Waals surface area contributed by atoms with Crippen LogP contribution in [0.25, 0.3) is 0 Å². The molecule has 72 valence electrons. The van der Waals surface area contributed by atoms with E-state index >= 15 is 0 Å². The van der Waals surface area contributed by atoms with E-state index in [-0.39, 0.29) is 0 Å². The van der Waals surface area contributed by atoms with Gasteiger partial charge < -0.3 is 10.2 Å². The van der Waals surface area contributed by atoms with Gasteiger partial charge >= 0.3 is 0 Å². The minimum atomic E-state index is 0.586. The average molecular weight is 170 g/mol. The predicted molar refractivity (Wildman–Crippen MR) is 55.1 cm³/mol. The summed E-state index contributed by atoms with van der Waals surface area (Å²) in [5, 5.41) is 3.15. The summed E-state index contributed by atoms with van der Waals surface area (Å²) in [6.07, 6.45) is 4.39. The van der Waals surface area contributed by atoms with Gasteiger partial charge in [0.05, 0.1) is 0 Å². The Morgan fingerprint density at radius 1 is 1.33 bits per heavy atom. The van der Waals surface area contributed by atoms with Gasteiger partial charge in [-0.05, 0) is 33.0 Å². The van der Waals surface area contributed by atoms with Crippen molar-refractivity contribution >= 4 is 0 Å². The van der Waals surface area contributed by atoms with E-state index < -0.39 is 0 Å². The van der Waals surface area contributed by atoms with Crippen LogP contribution in [0.1, 0.15) is 20.8 Å². The van der Waals surface area contributed by atoms with Gasteiger partial charge in [0.25, 0.3) is 0 Å². The van der Waals surface area contributed by atoms with Crippen LogP contribution >= 0.6 is 0 Å². The van der Waals surface area contributed by atoms with Crippen molar-refractivity contribution in [2.75, 3.05) is 20.6 Å². The van der Waals surface area contributed by atoms with Crippen molar-refractivity contribution < 1.29 is 0 Å². The first-order valence-electron chi connectivity index (χ1n) is 4.62. The molecule has 0 aromatic carbocycles. The average Bonchev–Trinajstić information content (AvgIpc) is 2.00. The standard InChI is InChI=1S/C10H22N2/c1-9(2)12(5)7-6-10(3)8-11-4/h6-7,9-11H,8H2,1-5H3/b7-6+/t10-/m0/s1. The summed E-state index contributed by atoms with van der Waals surface area (Å²) in [4.78, 5) is 2.21. The third kappa shape index (κ3) is 5.19. The Bertz CT molecular complexity index is 130. The zero-order valence-corrected chi connectivity index (χ0v) is 8.96. The summed E-state index contributed by atoms with van der Waals surface area (Å²) < 4.78 is 0. The van der Waals surface area contributed by atoms with E-state index in [0.717, 1.165) is 6.54 Å². The van der Waals surface area contributed by atoms with Gasteiger partial charge in [0, 0.05) is 19.6 Å². The van der Waals surface area contributed by atoms with Crippen LogP contribution in [0, 0.1) is 5.92 Å². The third-order valence-corrected chi connectivity index (χ3v) is 1.99. The highest BCUT2D eigenvalue weighted by Crippen LogP contribution is 1.99. The van der Waals surface area contributed by atoms with E-state index in [1.165, 1.54) is 0 Å². The Morgan fingerprint density at radius 3 is 2.33 bits per heavy atom. The highest BCUT2D eigenvalue weighted by atomic mass is 15.1. The van der Waals surface area contributed by atoms with Crippen LogP contribution in [0.2, 0.25) is 0 Å². The summed E-state index contributed by atoms with van der Waals surface area (Å²) >= 11 is 0. The molecule has 1 N–H and O–H groups in total. The molecule has 0 amide bonds. The third-order valence-electron chi connectivity index (χ3n) is 1.99. The molecule has 0 unspecified atom stereocenters. The molecule has 0 bridgehead atoms. The van der Waals surface area contributed by atoms with Crippen LogP contribution in [0.3, 0.4) is 0 Å². The second-order valence-electron chi connectivity index (χ2n) is 3.64. The molecule has 0 rings (SSSR count). The summed E-state index contributed by atoms with van der Waals surface area (Å²) in [6.45, 7) is 7.63. The predicted octanol–water partition coefficient (Wildman–Crippen LogP) is 1.70. The second-order valence-corrected chi connectivity index (χ2v) is 3.64. The summed E-state index contributed by atoms with van der Waals surface area (Å²) in [5.41, 5.74) is 0. The molecular formula is C10H22N2. The van der Waals surface area contributed by atoms with E-state index in [0.29, 0.717) is 12.0 Å². The van der Waals surface area contributed by atoms with Crippen molar-refractivity contribution in [2.24, 2.45) is 5.92 Å². The number of hydrogen-bond acceptors (Lipinski definition) is 2. The van der Waals surface area contributed by atoms with Crippen LogP contribution in [0.5, 0.6) is 0 Å². The molecule has 0 aromatic heterocycles. The molecule has 0 radical (unpaired) electrons. The van der Waals surface area contributed by atoms with Crippen LogP contribution in [-0.2, 0) is 0 Å². The van der Waals surface area contributed by atoms with Crippen molar-refractivity contribution in [1.29, 1.82) is 0 Å². The Hall–Kier alpha value is -0.500. The fourth-order valence-corrected chi connectivity index (χ4v) is 0.845. The lowest BCUT2D eigenvalue weighted by molar-refractivity contribution is 0.372. The molecule has 0 saturated heterocycles. The molecule has 0 fully saturated rings. The molecular weight excluding hydrogens is 148 g/mol. The smallest absolute Gasteiger partial charge is 0.0224 e. The normalized spacial score (nSPS) is 14.2. The second kappa shape index (κ2) is 6.06. The lowest BCUT2D eigenvalue weighted by Crippen LogP contribution is -2.21. The first-order chi connectivity index (χ1) is 5.57. The van der Waals surface area contributed by atoms with Crippen molar-refractivity contribution in [3.63, 3.8) is 0 Å². The van der Waals surface area contributed by atoms with E-state index in [2.05, 4.69) is 50.3 Å². The van der Waals surface area contributed by atoms with Crippen molar-refractivity contribution in [1.82, 2.24) is 10.2 Å². The van der Waals surface area contributed by atoms with Gasteiger partial charge in [-0.1, -0.05) is 13.0 Å². The molecule has 2 heteroatoms. The largest absolute Gasteiger partial charge is 0.378 e. The molecule has 0 saturated carbocycles. The van der Waals surface area contributed by atoms with Crippen LogP contribution in [0.4, 0.5) is 0 Å². The van der Waals surface area contributed by atoms with Gasteiger partial charge in [-0.15, -0.1) is 0 Å².